The molecule has 0 saturated heterocycles. The van der Waals surface area contributed by atoms with Crippen LogP contribution in [0, 0.1) is 0 Å². The second kappa shape index (κ2) is 7.93. The molecule has 0 bridgehead atoms. The molecule has 0 aliphatic heterocycles. The van der Waals surface area contributed by atoms with E-state index in [0.717, 1.165) is 0 Å². The molecule has 9 heteroatoms. The average Bonchev–Trinajstić information content (AvgIpc) is 2.11. The Bertz CT molecular complexity index is 244. The topological polar surface area (TPSA) is 127 Å². The first kappa shape index (κ1) is 18.1. The maximum atomic E-state index is 10.3. The Morgan fingerprint density at radius 1 is 1.07 bits per heavy atom. The summed E-state index contributed by atoms with van der Waals surface area (Å²) < 4.78 is 29.0. The maximum absolute atomic E-state index is 10.3. The van der Waals surface area contributed by atoms with Gasteiger partial charge in [0.05, 0.1) is 31.1 Å². The molecular formula is C6H16NNaO6S. The van der Waals surface area contributed by atoms with Gasteiger partial charge in [0.25, 0.3) is 10.1 Å². The fourth-order valence-electron chi connectivity index (χ4n) is 0.763. The molecule has 0 aromatic heterocycles. The predicted molar refractivity (Wildman–Crippen MR) is 55.6 cm³/mol. The van der Waals surface area contributed by atoms with Gasteiger partial charge in [-0.05, 0) is 0 Å². The third-order valence-corrected chi connectivity index (χ3v) is 2.49. The van der Waals surface area contributed by atoms with Gasteiger partial charge in [-0.25, -0.2) is 0 Å². The number of hydrogen-bond acceptors (Lipinski definition) is 6. The summed E-state index contributed by atoms with van der Waals surface area (Å²) in [6, 6.07) is 0. The summed E-state index contributed by atoms with van der Waals surface area (Å²) in [6.45, 7) is -1.77. The van der Waals surface area contributed by atoms with E-state index in [1.54, 1.807) is 0 Å². The molecule has 0 aliphatic rings. The Morgan fingerprint density at radius 2 is 1.47 bits per heavy atom. The van der Waals surface area contributed by atoms with Crippen LogP contribution in [0.5, 0.6) is 0 Å². The monoisotopic (exact) mass is 253 g/mol. The second-order valence-electron chi connectivity index (χ2n) is 2.97. The van der Waals surface area contributed by atoms with E-state index >= 15 is 0 Å². The molecule has 5 N–H and O–H groups in total. The molecule has 88 valence electrons. The van der Waals surface area contributed by atoms with Gasteiger partial charge >= 0.3 is 29.6 Å². The van der Waals surface area contributed by atoms with E-state index in [1.165, 1.54) is 0 Å². The van der Waals surface area contributed by atoms with Crippen LogP contribution >= 0.6 is 0 Å². The van der Waals surface area contributed by atoms with Gasteiger partial charge in [0, 0.05) is 6.54 Å². The van der Waals surface area contributed by atoms with Crippen LogP contribution in [0.3, 0.4) is 0 Å². The molecule has 15 heavy (non-hydrogen) atoms. The molecule has 0 rings (SSSR count). The summed E-state index contributed by atoms with van der Waals surface area (Å²) in [5.41, 5.74) is -1.31. The minimum atomic E-state index is -4.08. The van der Waals surface area contributed by atoms with Gasteiger partial charge in [-0.15, -0.1) is 0 Å². The zero-order valence-corrected chi connectivity index (χ0v) is 8.37. The van der Waals surface area contributed by atoms with E-state index in [9.17, 15) is 8.42 Å². The zero-order chi connectivity index (χ0) is 11.2. The SMILES string of the molecule is O=S(=O)(O)CCNC(CO)(CO)CO.[NaH]. The van der Waals surface area contributed by atoms with Crippen molar-refractivity contribution in [3.63, 3.8) is 0 Å². The van der Waals surface area contributed by atoms with Gasteiger partial charge in [0.15, 0.2) is 0 Å². The molecule has 0 radical (unpaired) electrons. The number of aliphatic hydroxyl groups excluding tert-OH is 3. The molecule has 0 unspecified atom stereocenters. The van der Waals surface area contributed by atoms with Crippen molar-refractivity contribution >= 4 is 39.7 Å². The van der Waals surface area contributed by atoms with Crippen molar-refractivity contribution in [1.29, 1.82) is 0 Å². The fraction of sp³-hybridized carbons (Fsp3) is 1.00. The Kier molecular flexibility index (Phi) is 9.58. The first-order valence-corrected chi connectivity index (χ1v) is 5.53. The van der Waals surface area contributed by atoms with Crippen molar-refractivity contribution in [1.82, 2.24) is 5.32 Å². The van der Waals surface area contributed by atoms with E-state index in [2.05, 4.69) is 5.32 Å². The molecule has 0 spiro atoms. The van der Waals surface area contributed by atoms with Gasteiger partial charge in [-0.2, -0.15) is 8.42 Å². The summed E-state index contributed by atoms with van der Waals surface area (Å²) in [7, 11) is -4.08. The second-order valence-corrected chi connectivity index (χ2v) is 4.54. The van der Waals surface area contributed by atoms with Crippen LogP contribution in [0.2, 0.25) is 0 Å². The van der Waals surface area contributed by atoms with Gasteiger partial charge in [-0.1, -0.05) is 0 Å². The standard InChI is InChI=1S/C6H15NO6S.Na.H/c8-3-6(4-9,5-10)7-1-2-14(11,12)13;;/h7-10H,1-5H2,(H,11,12,13);;. The molecule has 0 aromatic carbocycles. The molecule has 0 heterocycles. The number of aliphatic hydroxyl groups is 3. The Morgan fingerprint density at radius 3 is 1.73 bits per heavy atom. The zero-order valence-electron chi connectivity index (χ0n) is 7.55. The van der Waals surface area contributed by atoms with E-state index in [1.807, 2.05) is 0 Å². The summed E-state index contributed by atoms with van der Waals surface area (Å²) in [5, 5.41) is 28.9. The van der Waals surface area contributed by atoms with Crippen molar-refractivity contribution in [2.45, 2.75) is 5.54 Å². The Balaban J connectivity index is 0. The number of hydrogen-bond donors (Lipinski definition) is 5. The molecular weight excluding hydrogens is 237 g/mol. The van der Waals surface area contributed by atoms with Crippen molar-refractivity contribution < 1.29 is 28.3 Å². The molecule has 0 fully saturated rings. The van der Waals surface area contributed by atoms with Crippen LogP contribution in [-0.2, 0) is 10.1 Å². The summed E-state index contributed by atoms with van der Waals surface area (Å²) in [4.78, 5) is 0. The van der Waals surface area contributed by atoms with Gasteiger partial charge < -0.3 is 20.6 Å². The predicted octanol–water partition coefficient (Wildman–Crippen LogP) is -3.47. The van der Waals surface area contributed by atoms with E-state index < -0.39 is 41.2 Å². The fourth-order valence-corrected chi connectivity index (χ4v) is 1.12. The number of nitrogens with one attached hydrogen (secondary N) is 1. The van der Waals surface area contributed by atoms with E-state index in [4.69, 9.17) is 19.9 Å². The molecule has 0 saturated carbocycles. The van der Waals surface area contributed by atoms with E-state index in [0.29, 0.717) is 0 Å². The van der Waals surface area contributed by atoms with Crippen molar-refractivity contribution in [3.05, 3.63) is 0 Å². The normalized spacial score (nSPS) is 12.3. The van der Waals surface area contributed by atoms with Gasteiger partial charge in [-0.3, -0.25) is 4.55 Å². The van der Waals surface area contributed by atoms with Crippen LogP contribution in [0.4, 0.5) is 0 Å². The average molecular weight is 253 g/mol. The quantitative estimate of drug-likeness (QED) is 0.235. The number of rotatable bonds is 7. The summed E-state index contributed by atoms with van der Waals surface area (Å²) in [5.74, 6) is -0.547. The van der Waals surface area contributed by atoms with Crippen LogP contribution in [0.1, 0.15) is 0 Å². The minimum absolute atomic E-state index is 0. The van der Waals surface area contributed by atoms with Crippen molar-refractivity contribution in [2.24, 2.45) is 0 Å². The van der Waals surface area contributed by atoms with Crippen LogP contribution in [0.25, 0.3) is 0 Å². The first-order chi connectivity index (χ1) is 6.39. The van der Waals surface area contributed by atoms with E-state index in [-0.39, 0.29) is 36.1 Å². The van der Waals surface area contributed by atoms with Crippen LogP contribution < -0.4 is 5.32 Å². The summed E-state index contributed by atoms with van der Waals surface area (Å²) in [6.07, 6.45) is 0. The van der Waals surface area contributed by atoms with Crippen LogP contribution in [0.15, 0.2) is 0 Å². The molecule has 0 aromatic rings. The van der Waals surface area contributed by atoms with Crippen molar-refractivity contribution in [2.75, 3.05) is 32.1 Å². The molecule has 7 nitrogen and oxygen atoms in total. The third kappa shape index (κ3) is 7.61. The van der Waals surface area contributed by atoms with Crippen LogP contribution in [-0.4, -0.2) is 95.5 Å². The summed E-state index contributed by atoms with van der Waals surface area (Å²) >= 11 is 0. The van der Waals surface area contributed by atoms with Gasteiger partial charge in [0.1, 0.15) is 0 Å². The third-order valence-electron chi connectivity index (χ3n) is 1.77. The molecule has 0 atom stereocenters. The molecule has 0 aliphatic carbocycles. The first-order valence-electron chi connectivity index (χ1n) is 3.92. The Labute approximate surface area is 111 Å². The van der Waals surface area contributed by atoms with Gasteiger partial charge in [0.2, 0.25) is 0 Å². The van der Waals surface area contributed by atoms with Crippen molar-refractivity contribution in [3.8, 4) is 0 Å². The Hall–Kier alpha value is 0.750. The molecule has 0 amide bonds.